The minimum Gasteiger partial charge on any atom is -0.374 e. The molecule has 0 radical (unpaired) electrons. The molecule has 3 rings (SSSR count). The number of allylic oxidation sites excluding steroid dienone is 1. The third kappa shape index (κ3) is 2.04. The number of aryl methyl sites for hydroxylation is 1. The summed E-state index contributed by atoms with van der Waals surface area (Å²) in [6.45, 7) is 2.90. The molecule has 2 aliphatic heterocycles. The smallest absolute Gasteiger partial charge is 0.286 e. The number of fused-ring (bicyclic) bond motifs is 1. The Morgan fingerprint density at radius 1 is 1.55 bits per heavy atom. The van der Waals surface area contributed by atoms with Gasteiger partial charge in [-0.1, -0.05) is 11.6 Å². The first-order valence-corrected chi connectivity index (χ1v) is 7.41. The van der Waals surface area contributed by atoms with Crippen molar-refractivity contribution in [1.82, 2.24) is 9.88 Å². The van der Waals surface area contributed by atoms with Gasteiger partial charge in [0.15, 0.2) is 11.6 Å². The molecule has 1 fully saturated rings. The molecule has 0 aliphatic carbocycles. The second-order valence-corrected chi connectivity index (χ2v) is 6.53. The number of hydrogen-bond acceptors (Lipinski definition) is 7. The van der Waals surface area contributed by atoms with Gasteiger partial charge in [-0.05, 0) is 6.92 Å². The second kappa shape index (κ2) is 4.87. The first-order valence-electron chi connectivity index (χ1n) is 6.21. The van der Waals surface area contributed by atoms with Crippen molar-refractivity contribution in [2.45, 2.75) is 26.0 Å². The van der Waals surface area contributed by atoms with Crippen molar-refractivity contribution in [1.29, 1.82) is 0 Å². The van der Waals surface area contributed by atoms with Crippen LogP contribution in [0, 0.1) is 17.0 Å². The number of halogens is 1. The topological polar surface area (TPSA) is 82.7 Å². The number of rotatable bonds is 2. The van der Waals surface area contributed by atoms with Crippen molar-refractivity contribution in [2.75, 3.05) is 18.0 Å². The Bertz CT molecular complexity index is 602. The van der Waals surface area contributed by atoms with Gasteiger partial charge < -0.3 is 14.9 Å². The summed E-state index contributed by atoms with van der Waals surface area (Å²) in [6, 6.07) is 0. The predicted octanol–water partition coefficient (Wildman–Crippen LogP) is 1.78. The van der Waals surface area contributed by atoms with E-state index in [-0.39, 0.29) is 17.0 Å². The molecule has 9 heteroatoms. The average molecular weight is 317 g/mol. The Hall–Kier alpha value is -1.38. The summed E-state index contributed by atoms with van der Waals surface area (Å²) in [5.41, 5.74) is 0.120. The van der Waals surface area contributed by atoms with Crippen LogP contribution in [0.5, 0.6) is 0 Å². The first-order chi connectivity index (χ1) is 9.49. The number of hydrogen-bond donors (Lipinski definition) is 1. The normalized spacial score (nSPS) is 22.4. The average Bonchev–Trinajstić information content (AvgIpc) is 2.93. The fourth-order valence-corrected chi connectivity index (χ4v) is 3.77. The summed E-state index contributed by atoms with van der Waals surface area (Å²) in [5, 5.41) is 22.1. The highest BCUT2D eigenvalue weighted by molar-refractivity contribution is 7.16. The molecule has 20 heavy (non-hydrogen) atoms. The number of nitro groups is 1. The molecular weight excluding hydrogens is 304 g/mol. The van der Waals surface area contributed by atoms with E-state index in [2.05, 4.69) is 4.98 Å². The van der Waals surface area contributed by atoms with E-state index in [1.54, 1.807) is 9.80 Å². The fourth-order valence-electron chi connectivity index (χ4n) is 2.66. The Morgan fingerprint density at radius 3 is 2.90 bits per heavy atom. The lowest BCUT2D eigenvalue weighted by molar-refractivity contribution is -0.432. The van der Waals surface area contributed by atoms with Gasteiger partial charge in [0, 0.05) is 25.9 Å². The van der Waals surface area contributed by atoms with Crippen molar-refractivity contribution < 1.29 is 10.0 Å². The quantitative estimate of drug-likeness (QED) is 0.661. The van der Waals surface area contributed by atoms with E-state index < -0.39 is 6.23 Å². The minimum absolute atomic E-state index is 0.120. The van der Waals surface area contributed by atoms with Gasteiger partial charge in [0.05, 0.1) is 9.93 Å². The Balaban J connectivity index is 2.09. The molecule has 3 heterocycles. The van der Waals surface area contributed by atoms with E-state index in [9.17, 15) is 15.2 Å². The Kier molecular flexibility index (Phi) is 3.31. The minimum atomic E-state index is -0.683. The molecule has 108 valence electrons. The van der Waals surface area contributed by atoms with Crippen molar-refractivity contribution in [3.8, 4) is 0 Å². The Morgan fingerprint density at radius 2 is 2.30 bits per heavy atom. The summed E-state index contributed by atoms with van der Waals surface area (Å²) in [4.78, 5) is 18.6. The van der Waals surface area contributed by atoms with Crippen molar-refractivity contribution in [3.63, 3.8) is 0 Å². The maximum atomic E-state index is 11.2. The van der Waals surface area contributed by atoms with E-state index in [0.717, 1.165) is 5.01 Å². The van der Waals surface area contributed by atoms with Gasteiger partial charge in [-0.3, -0.25) is 10.1 Å². The molecule has 0 bridgehead atoms. The lowest BCUT2D eigenvalue weighted by Gasteiger charge is -2.31. The third-order valence-corrected chi connectivity index (χ3v) is 4.65. The van der Waals surface area contributed by atoms with Crippen LogP contribution >= 0.6 is 22.9 Å². The van der Waals surface area contributed by atoms with Gasteiger partial charge in [0.25, 0.3) is 5.70 Å². The molecule has 0 saturated carbocycles. The molecule has 0 amide bonds. The van der Waals surface area contributed by atoms with Gasteiger partial charge in [0.1, 0.15) is 10.6 Å². The molecule has 1 N–H and O–H groups in total. The lowest BCUT2D eigenvalue weighted by atomic mass is 10.1. The van der Waals surface area contributed by atoms with Crippen LogP contribution in [-0.2, 0) is 0 Å². The van der Waals surface area contributed by atoms with Gasteiger partial charge in [-0.2, -0.15) is 0 Å². The van der Waals surface area contributed by atoms with Crippen LogP contribution in [0.3, 0.4) is 0 Å². The largest absolute Gasteiger partial charge is 0.374 e. The van der Waals surface area contributed by atoms with E-state index >= 15 is 0 Å². The number of nitrogens with zero attached hydrogens (tertiary/aromatic N) is 4. The van der Waals surface area contributed by atoms with Gasteiger partial charge in [0.2, 0.25) is 0 Å². The molecule has 0 aromatic carbocycles. The molecular formula is C11H13ClN4O3S. The van der Waals surface area contributed by atoms with Crippen molar-refractivity contribution in [2.24, 2.45) is 0 Å². The molecule has 1 aromatic heterocycles. The number of anilines is 1. The van der Waals surface area contributed by atoms with Crippen LogP contribution in [0.1, 0.15) is 17.8 Å². The van der Waals surface area contributed by atoms with Crippen LogP contribution in [0.2, 0.25) is 4.34 Å². The van der Waals surface area contributed by atoms with E-state index in [4.69, 9.17) is 11.6 Å². The SMILES string of the molecule is Cc1nc(N2CCN3C2=C([N+](=O)[O-])CCC3O)c(Cl)s1. The number of thiazole rings is 1. The molecule has 7 nitrogen and oxygen atoms in total. The zero-order valence-electron chi connectivity index (χ0n) is 10.7. The third-order valence-electron chi connectivity index (χ3n) is 3.50. The highest BCUT2D eigenvalue weighted by Gasteiger charge is 2.42. The van der Waals surface area contributed by atoms with Gasteiger partial charge in [-0.25, -0.2) is 4.98 Å². The predicted molar refractivity (Wildman–Crippen MR) is 75.2 cm³/mol. The van der Waals surface area contributed by atoms with Crippen LogP contribution in [-0.4, -0.2) is 39.2 Å². The van der Waals surface area contributed by atoms with Gasteiger partial charge in [-0.15, -0.1) is 11.3 Å². The van der Waals surface area contributed by atoms with Crippen LogP contribution < -0.4 is 4.90 Å². The molecule has 1 unspecified atom stereocenters. The van der Waals surface area contributed by atoms with Crippen LogP contribution in [0.4, 0.5) is 5.82 Å². The number of aliphatic hydroxyl groups is 1. The maximum Gasteiger partial charge on any atom is 0.286 e. The summed E-state index contributed by atoms with van der Waals surface area (Å²) < 4.78 is 0.514. The summed E-state index contributed by atoms with van der Waals surface area (Å²) in [7, 11) is 0. The van der Waals surface area contributed by atoms with E-state index in [0.29, 0.717) is 35.5 Å². The molecule has 1 atom stereocenters. The highest BCUT2D eigenvalue weighted by atomic mass is 35.5. The molecule has 1 aromatic rings. The van der Waals surface area contributed by atoms with E-state index in [1.165, 1.54) is 11.3 Å². The van der Waals surface area contributed by atoms with E-state index in [1.807, 2.05) is 6.92 Å². The lowest BCUT2D eigenvalue weighted by Crippen LogP contribution is -2.38. The molecule has 1 saturated heterocycles. The van der Waals surface area contributed by atoms with Crippen LogP contribution in [0.25, 0.3) is 0 Å². The second-order valence-electron chi connectivity index (χ2n) is 4.72. The first kappa shape index (κ1) is 13.6. The summed E-state index contributed by atoms with van der Waals surface area (Å²) in [5.74, 6) is 0.973. The summed E-state index contributed by atoms with van der Waals surface area (Å²) >= 11 is 7.51. The van der Waals surface area contributed by atoms with Crippen molar-refractivity contribution in [3.05, 3.63) is 31.0 Å². The highest BCUT2D eigenvalue weighted by Crippen LogP contribution is 2.39. The fraction of sp³-hybridized carbons (Fsp3) is 0.545. The number of aliphatic hydroxyl groups excluding tert-OH is 1. The molecule has 0 spiro atoms. The monoisotopic (exact) mass is 316 g/mol. The van der Waals surface area contributed by atoms with Crippen LogP contribution in [0.15, 0.2) is 11.5 Å². The maximum absolute atomic E-state index is 11.2. The Labute approximate surface area is 124 Å². The zero-order chi connectivity index (χ0) is 14.4. The van der Waals surface area contributed by atoms with Gasteiger partial charge >= 0.3 is 0 Å². The van der Waals surface area contributed by atoms with Crippen molar-refractivity contribution >= 4 is 28.8 Å². The standard InChI is InChI=1S/C11H13ClN4O3S/c1-6-13-10(9(12)20-6)15-5-4-14-8(17)3-2-7(11(14)15)16(18)19/h8,17H,2-5H2,1H3. The molecule has 2 aliphatic rings. The zero-order valence-corrected chi connectivity index (χ0v) is 12.3. The summed E-state index contributed by atoms with van der Waals surface area (Å²) in [6.07, 6.45) is -0.0634. The number of aromatic nitrogens is 1.